The topological polar surface area (TPSA) is 118 Å². The molecule has 128 valence electrons. The zero-order valence-electron chi connectivity index (χ0n) is 13.8. The van der Waals surface area contributed by atoms with Gasteiger partial charge in [-0.25, -0.2) is 4.98 Å². The maximum absolute atomic E-state index is 12.2. The van der Waals surface area contributed by atoms with Gasteiger partial charge in [-0.05, 0) is 32.9 Å². The highest BCUT2D eigenvalue weighted by molar-refractivity contribution is 6.22. The molecule has 2 aliphatic carbocycles. The molecule has 0 saturated heterocycles. The summed E-state index contributed by atoms with van der Waals surface area (Å²) in [5, 5.41) is 20.9. The number of hydrogen-bond donors (Lipinski definition) is 2. The molecule has 0 amide bonds. The van der Waals surface area contributed by atoms with Crippen molar-refractivity contribution in [3.8, 4) is 11.5 Å². The molecule has 3 rings (SSSR count). The smallest absolute Gasteiger partial charge is 0.182 e. The predicted molar refractivity (Wildman–Crippen MR) is 88.2 cm³/mol. The largest absolute Gasteiger partial charge is 0.512 e. The molecule has 1 heterocycles. The van der Waals surface area contributed by atoms with Crippen LogP contribution in [0.3, 0.4) is 0 Å². The summed E-state index contributed by atoms with van der Waals surface area (Å²) in [5.74, 6) is -1.42. The van der Waals surface area contributed by atoms with Crippen molar-refractivity contribution < 1.29 is 24.2 Å². The number of nitrogens with zero attached hydrogens (tertiary/aromatic N) is 1. The third kappa shape index (κ3) is 2.49. The minimum Gasteiger partial charge on any atom is -0.512 e. The summed E-state index contributed by atoms with van der Waals surface area (Å²) in [6.07, 6.45) is 1.09. The summed E-state index contributed by atoms with van der Waals surface area (Å²) >= 11 is 0. The molecule has 0 saturated carbocycles. The second-order valence-electron chi connectivity index (χ2n) is 5.91. The van der Waals surface area contributed by atoms with Crippen molar-refractivity contribution in [3.63, 3.8) is 0 Å². The van der Waals surface area contributed by atoms with Crippen molar-refractivity contribution >= 4 is 23.2 Å². The molecular formula is C18H15NO6. The number of carbonyl (C=O) groups excluding carboxylic acids is 2. The van der Waals surface area contributed by atoms with Gasteiger partial charge in [0.1, 0.15) is 11.0 Å². The van der Waals surface area contributed by atoms with E-state index in [9.17, 15) is 24.6 Å². The van der Waals surface area contributed by atoms with E-state index < -0.39 is 17.2 Å². The van der Waals surface area contributed by atoms with Gasteiger partial charge in [-0.3, -0.25) is 14.4 Å². The molecular weight excluding hydrogens is 326 g/mol. The minimum atomic E-state index is -2.24. The summed E-state index contributed by atoms with van der Waals surface area (Å²) in [6, 6.07) is 3.97. The summed E-state index contributed by atoms with van der Waals surface area (Å²) in [6.45, 7) is 3.64. The molecule has 7 nitrogen and oxygen atoms in total. The number of rotatable bonds is 2. The van der Waals surface area contributed by atoms with Gasteiger partial charge >= 0.3 is 0 Å². The van der Waals surface area contributed by atoms with Gasteiger partial charge in [0.25, 0.3) is 0 Å². The monoisotopic (exact) mass is 341 g/mol. The zero-order valence-corrected chi connectivity index (χ0v) is 13.8. The third-order valence-electron chi connectivity index (χ3n) is 4.08. The van der Waals surface area contributed by atoms with E-state index in [1.54, 1.807) is 0 Å². The molecule has 0 fully saturated rings. The Hall–Kier alpha value is -3.06. The van der Waals surface area contributed by atoms with E-state index in [2.05, 4.69) is 4.98 Å². The fraction of sp³-hybridized carbons (Fsp3) is 0.222. The summed E-state index contributed by atoms with van der Waals surface area (Å²) in [5.41, 5.74) is -2.55. The maximum Gasteiger partial charge on any atom is 0.182 e. The Labute approximate surface area is 141 Å². The van der Waals surface area contributed by atoms with Gasteiger partial charge in [-0.1, -0.05) is 0 Å². The van der Waals surface area contributed by atoms with Crippen LogP contribution in [0.25, 0.3) is 23.1 Å². The van der Waals surface area contributed by atoms with E-state index in [4.69, 9.17) is 4.42 Å². The molecule has 1 atom stereocenters. The Morgan fingerprint density at radius 1 is 1.20 bits per heavy atom. The Kier molecular flexibility index (Phi) is 3.69. The first-order chi connectivity index (χ1) is 11.6. The van der Waals surface area contributed by atoms with Crippen LogP contribution < -0.4 is 16.2 Å². The average Bonchev–Trinajstić information content (AvgIpc) is 2.51. The van der Waals surface area contributed by atoms with Crippen LogP contribution in [-0.4, -0.2) is 32.4 Å². The van der Waals surface area contributed by atoms with Crippen molar-refractivity contribution in [1.82, 2.24) is 4.98 Å². The summed E-state index contributed by atoms with van der Waals surface area (Å²) in [4.78, 5) is 40.1. The van der Waals surface area contributed by atoms with Crippen LogP contribution in [0.15, 0.2) is 38.7 Å². The Balaban J connectivity index is 2.62. The number of carbonyl (C=O) groups is 2. The Morgan fingerprint density at radius 2 is 1.88 bits per heavy atom. The van der Waals surface area contributed by atoms with Crippen LogP contribution in [0.2, 0.25) is 0 Å². The highest BCUT2D eigenvalue weighted by atomic mass is 16.3. The van der Waals surface area contributed by atoms with Crippen LogP contribution >= 0.6 is 0 Å². The van der Waals surface area contributed by atoms with Crippen molar-refractivity contribution in [3.05, 3.63) is 50.5 Å². The number of aliphatic hydroxyl groups excluding tert-OH is 1. The normalized spacial score (nSPS) is 21.5. The van der Waals surface area contributed by atoms with Gasteiger partial charge in [0, 0.05) is 17.7 Å². The van der Waals surface area contributed by atoms with Crippen LogP contribution in [-0.2, 0) is 9.59 Å². The minimum absolute atomic E-state index is 0.0222. The van der Waals surface area contributed by atoms with Gasteiger partial charge in [-0.2, -0.15) is 0 Å². The zero-order chi connectivity index (χ0) is 18.5. The fourth-order valence-corrected chi connectivity index (χ4v) is 2.94. The number of benzene rings is 1. The lowest BCUT2D eigenvalue weighted by molar-refractivity contribution is -0.126. The van der Waals surface area contributed by atoms with Gasteiger partial charge < -0.3 is 14.6 Å². The molecule has 0 radical (unpaired) electrons. The molecule has 3 aliphatic rings. The lowest BCUT2D eigenvalue weighted by Crippen LogP contribution is -2.49. The SMILES string of the molecule is CC(=O)C1=c2nc3ccc(=O)cc-3oc2=CC(O)(C(C)=O)/C1=C(/C)O. The van der Waals surface area contributed by atoms with E-state index in [0.717, 1.165) is 13.0 Å². The van der Waals surface area contributed by atoms with Gasteiger partial charge in [0.15, 0.2) is 33.8 Å². The number of hydrogen-bond acceptors (Lipinski definition) is 7. The molecule has 0 bridgehead atoms. The quantitative estimate of drug-likeness (QED) is 0.728. The van der Waals surface area contributed by atoms with Gasteiger partial charge in [-0.15, -0.1) is 0 Å². The number of fused-ring (bicyclic) bond motifs is 2. The standard InChI is InChI=1S/C18H15NO6/c1-8(20)15-16(9(2)21)18(24,10(3)22)7-14-17(15)19-12-5-4-11(23)6-13(12)25-14/h4-7,21,24H,1-3H3/b16-9-. The second kappa shape index (κ2) is 5.49. The first kappa shape index (κ1) is 16.8. The molecule has 0 spiro atoms. The van der Waals surface area contributed by atoms with Gasteiger partial charge in [0.05, 0.1) is 11.3 Å². The Morgan fingerprint density at radius 3 is 2.44 bits per heavy atom. The first-order valence-electron chi connectivity index (χ1n) is 7.48. The third-order valence-corrected chi connectivity index (χ3v) is 4.08. The summed E-state index contributed by atoms with van der Waals surface area (Å²) in [7, 11) is 0. The fourth-order valence-electron chi connectivity index (χ4n) is 2.94. The Bertz CT molecular complexity index is 1100. The molecule has 0 aromatic carbocycles. The molecule has 2 N–H and O–H groups in total. The molecule has 25 heavy (non-hydrogen) atoms. The number of ketones is 2. The lowest BCUT2D eigenvalue weighted by atomic mass is 9.79. The number of aromatic nitrogens is 1. The van der Waals surface area contributed by atoms with E-state index in [-0.39, 0.29) is 38.9 Å². The molecule has 1 aliphatic heterocycles. The lowest BCUT2D eigenvalue weighted by Gasteiger charge is -2.28. The van der Waals surface area contributed by atoms with Crippen molar-refractivity contribution in [2.24, 2.45) is 0 Å². The average molecular weight is 341 g/mol. The van der Waals surface area contributed by atoms with E-state index in [0.29, 0.717) is 5.69 Å². The van der Waals surface area contributed by atoms with E-state index >= 15 is 0 Å². The van der Waals surface area contributed by atoms with Crippen LogP contribution in [0, 0.1) is 0 Å². The van der Waals surface area contributed by atoms with Crippen LogP contribution in [0.1, 0.15) is 20.8 Å². The highest BCUT2D eigenvalue weighted by Gasteiger charge is 2.43. The summed E-state index contributed by atoms with van der Waals surface area (Å²) < 4.78 is 5.61. The molecule has 0 aromatic rings. The molecule has 0 aromatic heterocycles. The molecule has 7 heteroatoms. The first-order valence-corrected chi connectivity index (χ1v) is 7.48. The van der Waals surface area contributed by atoms with Crippen LogP contribution in [0.5, 0.6) is 0 Å². The second-order valence-corrected chi connectivity index (χ2v) is 5.91. The highest BCUT2D eigenvalue weighted by Crippen LogP contribution is 2.32. The van der Waals surface area contributed by atoms with Crippen LogP contribution in [0.4, 0.5) is 0 Å². The van der Waals surface area contributed by atoms with E-state index in [1.165, 1.54) is 32.0 Å². The maximum atomic E-state index is 12.2. The predicted octanol–water partition coefficient (Wildman–Crippen LogP) is -0.174. The molecule has 1 unspecified atom stereocenters. The van der Waals surface area contributed by atoms with E-state index in [1.807, 2.05) is 0 Å². The van der Waals surface area contributed by atoms with Crippen molar-refractivity contribution in [2.45, 2.75) is 26.4 Å². The van der Waals surface area contributed by atoms with Crippen molar-refractivity contribution in [2.75, 3.05) is 0 Å². The number of allylic oxidation sites excluding steroid dienone is 1. The van der Waals surface area contributed by atoms with Crippen molar-refractivity contribution in [1.29, 1.82) is 0 Å². The number of Topliss-reactive ketones (excluding diaryl/α,β-unsaturated/α-hetero) is 2. The number of aliphatic hydroxyl groups is 2. The van der Waals surface area contributed by atoms with Gasteiger partial charge in [0.2, 0.25) is 0 Å².